The molecule has 0 amide bonds. The highest BCUT2D eigenvalue weighted by Crippen LogP contribution is 2.30. The predicted molar refractivity (Wildman–Crippen MR) is 79.9 cm³/mol. The number of anilines is 1. The zero-order valence-electron chi connectivity index (χ0n) is 10.5. The molecule has 8 heteroatoms. The minimum Gasteiger partial charge on any atom is -0.383 e. The van der Waals surface area contributed by atoms with Crippen molar-refractivity contribution in [1.29, 1.82) is 5.26 Å². The second kappa shape index (κ2) is 4.81. The van der Waals surface area contributed by atoms with Gasteiger partial charge in [0.25, 0.3) is 5.56 Å². The molecule has 0 aromatic carbocycles. The zero-order chi connectivity index (χ0) is 15.0. The Morgan fingerprint density at radius 1 is 1.38 bits per heavy atom. The number of fused-ring (bicyclic) bond motifs is 1. The summed E-state index contributed by atoms with van der Waals surface area (Å²) in [4.78, 5) is 25.5. The standard InChI is InChI=1S/C13H8N6OS/c14-4-7-8(6-2-1-3-16-5-6)9-11(17-10(7)15)18-13(21)19-12(9)20/h1-3,5H,(H4,15,17,18,19,20,21). The van der Waals surface area contributed by atoms with Gasteiger partial charge in [-0.3, -0.25) is 14.8 Å². The van der Waals surface area contributed by atoms with E-state index in [1.165, 1.54) is 0 Å². The first kappa shape index (κ1) is 13.0. The lowest BCUT2D eigenvalue weighted by molar-refractivity contribution is 1.11. The van der Waals surface area contributed by atoms with Crippen LogP contribution in [0.15, 0.2) is 29.3 Å². The molecule has 0 aliphatic carbocycles. The number of hydrogen-bond donors (Lipinski definition) is 3. The molecule has 0 aliphatic heterocycles. The van der Waals surface area contributed by atoms with E-state index in [4.69, 9.17) is 18.0 Å². The second-order valence-corrected chi connectivity index (χ2v) is 4.64. The molecule has 0 spiro atoms. The van der Waals surface area contributed by atoms with Crippen molar-refractivity contribution in [3.05, 3.63) is 45.2 Å². The SMILES string of the molecule is N#Cc1c(N)nc2[nH]c(=S)[nH]c(=O)c2c1-c1cccnc1. The summed E-state index contributed by atoms with van der Waals surface area (Å²) < 4.78 is 0.140. The van der Waals surface area contributed by atoms with Crippen LogP contribution in [0.3, 0.4) is 0 Å². The van der Waals surface area contributed by atoms with Gasteiger partial charge in [0.05, 0.1) is 5.39 Å². The fourth-order valence-corrected chi connectivity index (χ4v) is 2.32. The average Bonchev–Trinajstić information content (AvgIpc) is 2.46. The normalized spacial score (nSPS) is 10.4. The van der Waals surface area contributed by atoms with Gasteiger partial charge >= 0.3 is 0 Å². The van der Waals surface area contributed by atoms with Gasteiger partial charge < -0.3 is 10.7 Å². The van der Waals surface area contributed by atoms with E-state index in [-0.39, 0.29) is 27.2 Å². The Balaban J connectivity index is 2.60. The number of aromatic amines is 2. The molecule has 0 atom stereocenters. The minimum absolute atomic E-state index is 0.0279. The predicted octanol–water partition coefficient (Wildman–Crippen LogP) is 1.50. The van der Waals surface area contributed by atoms with Gasteiger partial charge in [-0.05, 0) is 18.3 Å². The fourth-order valence-electron chi connectivity index (χ4n) is 2.13. The third kappa shape index (κ3) is 2.05. The van der Waals surface area contributed by atoms with Crippen LogP contribution < -0.4 is 11.3 Å². The Labute approximate surface area is 123 Å². The van der Waals surface area contributed by atoms with E-state index in [0.29, 0.717) is 11.1 Å². The van der Waals surface area contributed by atoms with Gasteiger partial charge in [0.1, 0.15) is 23.1 Å². The van der Waals surface area contributed by atoms with Crippen LogP contribution in [-0.4, -0.2) is 19.9 Å². The van der Waals surface area contributed by atoms with Crippen LogP contribution in [-0.2, 0) is 0 Å². The third-order valence-corrected chi connectivity index (χ3v) is 3.18. The van der Waals surface area contributed by atoms with Crippen LogP contribution in [0.1, 0.15) is 5.56 Å². The fraction of sp³-hybridized carbons (Fsp3) is 0. The Kier molecular flexibility index (Phi) is 2.97. The number of aromatic nitrogens is 4. The molecule has 3 rings (SSSR count). The summed E-state index contributed by atoms with van der Waals surface area (Å²) in [6.45, 7) is 0. The molecular formula is C13H8N6OS. The van der Waals surface area contributed by atoms with Crippen LogP contribution in [0.4, 0.5) is 5.82 Å². The number of nitrogens with zero attached hydrogens (tertiary/aromatic N) is 3. The molecule has 102 valence electrons. The monoisotopic (exact) mass is 296 g/mol. The van der Waals surface area contributed by atoms with Crippen molar-refractivity contribution in [3.63, 3.8) is 0 Å². The van der Waals surface area contributed by atoms with E-state index in [1.807, 2.05) is 6.07 Å². The summed E-state index contributed by atoms with van der Waals surface area (Å²) in [5.74, 6) is 0.0279. The van der Waals surface area contributed by atoms with Gasteiger partial charge in [0.2, 0.25) is 0 Å². The smallest absolute Gasteiger partial charge is 0.261 e. The number of hydrogen-bond acceptors (Lipinski definition) is 6. The first-order valence-corrected chi connectivity index (χ1v) is 6.29. The quantitative estimate of drug-likeness (QED) is 0.584. The van der Waals surface area contributed by atoms with Crippen LogP contribution >= 0.6 is 12.2 Å². The molecule has 21 heavy (non-hydrogen) atoms. The maximum atomic E-state index is 12.2. The van der Waals surface area contributed by atoms with E-state index >= 15 is 0 Å². The maximum absolute atomic E-state index is 12.2. The lowest BCUT2D eigenvalue weighted by Gasteiger charge is -2.09. The number of nitriles is 1. The van der Waals surface area contributed by atoms with Crippen LogP contribution in [0.25, 0.3) is 22.2 Å². The first-order chi connectivity index (χ1) is 10.1. The minimum atomic E-state index is -0.434. The highest BCUT2D eigenvalue weighted by atomic mass is 32.1. The molecule has 0 bridgehead atoms. The van der Waals surface area contributed by atoms with Gasteiger partial charge in [-0.15, -0.1) is 0 Å². The highest BCUT2D eigenvalue weighted by molar-refractivity contribution is 7.71. The molecule has 4 N–H and O–H groups in total. The van der Waals surface area contributed by atoms with Crippen molar-refractivity contribution in [2.45, 2.75) is 0 Å². The molecule has 0 aliphatic rings. The zero-order valence-corrected chi connectivity index (χ0v) is 11.4. The Morgan fingerprint density at radius 3 is 2.86 bits per heavy atom. The largest absolute Gasteiger partial charge is 0.383 e. The van der Waals surface area contributed by atoms with Crippen molar-refractivity contribution < 1.29 is 0 Å². The van der Waals surface area contributed by atoms with Crippen molar-refractivity contribution >= 4 is 29.1 Å². The lowest BCUT2D eigenvalue weighted by atomic mass is 9.99. The molecule has 3 aromatic heterocycles. The average molecular weight is 296 g/mol. The van der Waals surface area contributed by atoms with Gasteiger partial charge in [-0.1, -0.05) is 6.07 Å². The third-order valence-electron chi connectivity index (χ3n) is 2.97. The van der Waals surface area contributed by atoms with E-state index in [2.05, 4.69) is 19.9 Å². The van der Waals surface area contributed by atoms with E-state index < -0.39 is 5.56 Å². The van der Waals surface area contributed by atoms with Crippen LogP contribution in [0.5, 0.6) is 0 Å². The molecular weight excluding hydrogens is 288 g/mol. The molecule has 0 radical (unpaired) electrons. The topological polar surface area (TPSA) is 124 Å². The molecule has 3 heterocycles. The summed E-state index contributed by atoms with van der Waals surface area (Å²) in [6, 6.07) is 5.43. The van der Waals surface area contributed by atoms with Crippen molar-refractivity contribution in [2.75, 3.05) is 5.73 Å². The molecule has 0 fully saturated rings. The van der Waals surface area contributed by atoms with Crippen LogP contribution in [0, 0.1) is 16.1 Å². The van der Waals surface area contributed by atoms with E-state index in [9.17, 15) is 10.1 Å². The Bertz CT molecular complexity index is 999. The second-order valence-electron chi connectivity index (χ2n) is 4.23. The van der Waals surface area contributed by atoms with Gasteiger partial charge in [0.15, 0.2) is 4.77 Å². The summed E-state index contributed by atoms with van der Waals surface area (Å²) >= 11 is 4.92. The van der Waals surface area contributed by atoms with Crippen molar-refractivity contribution in [2.24, 2.45) is 0 Å². The van der Waals surface area contributed by atoms with Crippen LogP contribution in [0.2, 0.25) is 0 Å². The number of H-pyrrole nitrogens is 2. The molecule has 0 unspecified atom stereocenters. The van der Waals surface area contributed by atoms with E-state index in [1.54, 1.807) is 24.5 Å². The number of nitrogens with one attached hydrogen (secondary N) is 2. The highest BCUT2D eigenvalue weighted by Gasteiger charge is 2.18. The number of nitrogen functional groups attached to an aromatic ring is 1. The first-order valence-electron chi connectivity index (χ1n) is 5.88. The number of nitrogens with two attached hydrogens (primary N) is 1. The maximum Gasteiger partial charge on any atom is 0.261 e. The Morgan fingerprint density at radius 2 is 2.19 bits per heavy atom. The molecule has 0 saturated carbocycles. The number of pyridine rings is 2. The number of rotatable bonds is 1. The van der Waals surface area contributed by atoms with Crippen molar-refractivity contribution in [3.8, 4) is 17.2 Å². The van der Waals surface area contributed by atoms with Crippen molar-refractivity contribution in [1.82, 2.24) is 19.9 Å². The van der Waals surface area contributed by atoms with Gasteiger partial charge in [-0.2, -0.15) is 5.26 Å². The molecule has 3 aromatic rings. The molecule has 0 saturated heterocycles. The summed E-state index contributed by atoms with van der Waals surface area (Å²) in [5, 5.41) is 9.56. The summed E-state index contributed by atoms with van der Waals surface area (Å²) in [7, 11) is 0. The van der Waals surface area contributed by atoms with Gasteiger partial charge in [0, 0.05) is 23.5 Å². The summed E-state index contributed by atoms with van der Waals surface area (Å²) in [5.41, 5.74) is 6.74. The van der Waals surface area contributed by atoms with Gasteiger partial charge in [-0.25, -0.2) is 4.98 Å². The lowest BCUT2D eigenvalue weighted by Crippen LogP contribution is -2.12. The Hall–Kier alpha value is -3.05. The van der Waals surface area contributed by atoms with E-state index in [0.717, 1.165) is 0 Å². The molecule has 7 nitrogen and oxygen atoms in total. The summed E-state index contributed by atoms with van der Waals surface area (Å²) in [6.07, 6.45) is 3.15.